The fourth-order valence-corrected chi connectivity index (χ4v) is 1.84. The maximum atomic E-state index is 5.68. The minimum Gasteiger partial charge on any atom is -0.421 e. The zero-order valence-corrected chi connectivity index (χ0v) is 11.9. The molecule has 1 aromatic carbocycles. The first-order valence-electron chi connectivity index (χ1n) is 6.81. The molecule has 0 aliphatic carbocycles. The van der Waals surface area contributed by atoms with Gasteiger partial charge in [-0.1, -0.05) is 13.0 Å². The summed E-state index contributed by atoms with van der Waals surface area (Å²) < 4.78 is 5.68. The van der Waals surface area contributed by atoms with Gasteiger partial charge in [0.25, 0.3) is 0 Å². The molecule has 0 fully saturated rings. The topological polar surface area (TPSA) is 51.0 Å². The molecule has 0 aliphatic heterocycles. The molecule has 4 nitrogen and oxygen atoms in total. The van der Waals surface area contributed by atoms with Gasteiger partial charge in [-0.15, -0.1) is 10.2 Å². The number of nitrogens with one attached hydrogen (secondary N) is 1. The van der Waals surface area contributed by atoms with Gasteiger partial charge in [0.05, 0.1) is 0 Å². The van der Waals surface area contributed by atoms with Gasteiger partial charge in [-0.3, -0.25) is 0 Å². The smallest absolute Gasteiger partial charge is 0.247 e. The van der Waals surface area contributed by atoms with Crippen LogP contribution in [0.4, 0.5) is 0 Å². The van der Waals surface area contributed by atoms with E-state index in [9.17, 15) is 0 Å². The van der Waals surface area contributed by atoms with E-state index in [1.165, 1.54) is 11.1 Å². The van der Waals surface area contributed by atoms with Gasteiger partial charge < -0.3 is 9.73 Å². The van der Waals surface area contributed by atoms with Crippen molar-refractivity contribution in [1.29, 1.82) is 0 Å². The van der Waals surface area contributed by atoms with Crippen LogP contribution in [0, 0.1) is 13.8 Å². The van der Waals surface area contributed by atoms with Crippen molar-refractivity contribution >= 4 is 0 Å². The molecular formula is C15H21N3O. The van der Waals surface area contributed by atoms with Crippen LogP contribution in [0.3, 0.4) is 0 Å². The van der Waals surface area contributed by atoms with Crippen molar-refractivity contribution in [2.75, 3.05) is 13.1 Å². The quantitative estimate of drug-likeness (QED) is 0.810. The van der Waals surface area contributed by atoms with Gasteiger partial charge in [-0.2, -0.15) is 0 Å². The Hall–Kier alpha value is -1.68. The molecule has 4 heteroatoms. The first kappa shape index (κ1) is 13.7. The Kier molecular flexibility index (Phi) is 4.68. The Labute approximate surface area is 114 Å². The molecular weight excluding hydrogens is 238 g/mol. The Morgan fingerprint density at radius 2 is 1.95 bits per heavy atom. The average Bonchev–Trinajstić information content (AvgIpc) is 2.87. The second-order valence-electron chi connectivity index (χ2n) is 4.80. The van der Waals surface area contributed by atoms with Crippen LogP contribution in [-0.2, 0) is 6.42 Å². The molecule has 2 aromatic rings. The van der Waals surface area contributed by atoms with Gasteiger partial charge in [0.1, 0.15) is 0 Å². The van der Waals surface area contributed by atoms with Crippen LogP contribution in [-0.4, -0.2) is 23.3 Å². The monoisotopic (exact) mass is 259 g/mol. The van der Waals surface area contributed by atoms with Crippen molar-refractivity contribution in [1.82, 2.24) is 15.5 Å². The summed E-state index contributed by atoms with van der Waals surface area (Å²) in [6, 6.07) is 6.19. The van der Waals surface area contributed by atoms with Crippen LogP contribution in [0.2, 0.25) is 0 Å². The lowest BCUT2D eigenvalue weighted by Crippen LogP contribution is -2.17. The number of nitrogens with zero attached hydrogens (tertiary/aromatic N) is 2. The molecule has 0 bridgehead atoms. The van der Waals surface area contributed by atoms with Crippen molar-refractivity contribution < 1.29 is 4.42 Å². The predicted molar refractivity (Wildman–Crippen MR) is 76.1 cm³/mol. The van der Waals surface area contributed by atoms with E-state index in [1.54, 1.807) is 0 Å². The Balaban J connectivity index is 2.01. The molecule has 0 saturated carbocycles. The molecule has 0 radical (unpaired) electrons. The zero-order chi connectivity index (χ0) is 13.7. The number of benzene rings is 1. The van der Waals surface area contributed by atoms with E-state index in [-0.39, 0.29) is 0 Å². The Morgan fingerprint density at radius 1 is 1.11 bits per heavy atom. The number of aryl methyl sites for hydroxylation is 2. The van der Waals surface area contributed by atoms with Crippen LogP contribution >= 0.6 is 0 Å². The maximum absolute atomic E-state index is 5.68. The summed E-state index contributed by atoms with van der Waals surface area (Å²) in [4.78, 5) is 0. The summed E-state index contributed by atoms with van der Waals surface area (Å²) in [5, 5.41) is 11.5. The van der Waals surface area contributed by atoms with Crippen LogP contribution in [0.15, 0.2) is 22.6 Å². The molecule has 0 aliphatic rings. The van der Waals surface area contributed by atoms with Gasteiger partial charge in [0.2, 0.25) is 11.8 Å². The van der Waals surface area contributed by atoms with Crippen LogP contribution in [0.25, 0.3) is 11.5 Å². The molecule has 1 N–H and O–H groups in total. The highest BCUT2D eigenvalue weighted by atomic mass is 16.4. The highest BCUT2D eigenvalue weighted by Gasteiger charge is 2.08. The largest absolute Gasteiger partial charge is 0.421 e. The summed E-state index contributed by atoms with van der Waals surface area (Å²) >= 11 is 0. The van der Waals surface area contributed by atoms with Crippen molar-refractivity contribution in [3.8, 4) is 11.5 Å². The van der Waals surface area contributed by atoms with E-state index < -0.39 is 0 Å². The van der Waals surface area contributed by atoms with Gasteiger partial charge in [0, 0.05) is 18.5 Å². The Bertz CT molecular complexity index is 534. The molecule has 0 spiro atoms. The van der Waals surface area contributed by atoms with Gasteiger partial charge >= 0.3 is 0 Å². The molecule has 0 amide bonds. The highest BCUT2D eigenvalue weighted by molar-refractivity contribution is 5.55. The third-order valence-corrected chi connectivity index (χ3v) is 3.16. The third-order valence-electron chi connectivity index (χ3n) is 3.16. The third kappa shape index (κ3) is 3.64. The van der Waals surface area contributed by atoms with Gasteiger partial charge in [-0.05, 0) is 50.1 Å². The standard InChI is InChI=1S/C15H21N3O/c1-4-8-16-9-7-14-17-18-15(19-14)13-6-5-11(2)12(3)10-13/h5-6,10,16H,4,7-9H2,1-3H3. The van der Waals surface area contributed by atoms with E-state index in [0.29, 0.717) is 11.8 Å². The van der Waals surface area contributed by atoms with Crippen molar-refractivity contribution in [2.45, 2.75) is 33.6 Å². The lowest BCUT2D eigenvalue weighted by atomic mass is 10.1. The minimum atomic E-state index is 0.605. The normalized spacial score (nSPS) is 10.9. The molecule has 2 rings (SSSR count). The van der Waals surface area contributed by atoms with E-state index in [2.05, 4.69) is 48.4 Å². The first-order valence-corrected chi connectivity index (χ1v) is 6.81. The number of rotatable bonds is 6. The van der Waals surface area contributed by atoms with E-state index in [1.807, 2.05) is 6.07 Å². The predicted octanol–water partition coefficient (Wildman–Crippen LogP) is 2.90. The van der Waals surface area contributed by atoms with Gasteiger partial charge in [-0.25, -0.2) is 0 Å². The van der Waals surface area contributed by atoms with Crippen molar-refractivity contribution in [3.05, 3.63) is 35.2 Å². The highest BCUT2D eigenvalue weighted by Crippen LogP contribution is 2.20. The molecule has 0 unspecified atom stereocenters. The zero-order valence-electron chi connectivity index (χ0n) is 11.9. The first-order chi connectivity index (χ1) is 9.20. The molecule has 19 heavy (non-hydrogen) atoms. The lowest BCUT2D eigenvalue weighted by molar-refractivity contribution is 0.494. The van der Waals surface area contributed by atoms with Gasteiger partial charge in [0.15, 0.2) is 0 Å². The summed E-state index contributed by atoms with van der Waals surface area (Å²) in [6.07, 6.45) is 1.91. The fraction of sp³-hybridized carbons (Fsp3) is 0.467. The summed E-state index contributed by atoms with van der Waals surface area (Å²) in [7, 11) is 0. The second kappa shape index (κ2) is 6.48. The molecule has 102 valence electrons. The average molecular weight is 259 g/mol. The number of aromatic nitrogens is 2. The summed E-state index contributed by atoms with van der Waals surface area (Å²) in [6.45, 7) is 8.24. The lowest BCUT2D eigenvalue weighted by Gasteiger charge is -2.01. The van der Waals surface area contributed by atoms with Crippen LogP contribution in [0.5, 0.6) is 0 Å². The van der Waals surface area contributed by atoms with Crippen molar-refractivity contribution in [3.63, 3.8) is 0 Å². The number of hydrogen-bond acceptors (Lipinski definition) is 4. The van der Waals surface area contributed by atoms with E-state index in [0.717, 1.165) is 31.5 Å². The molecule has 0 atom stereocenters. The maximum Gasteiger partial charge on any atom is 0.247 e. The summed E-state index contributed by atoms with van der Waals surface area (Å²) in [5.41, 5.74) is 3.50. The van der Waals surface area contributed by atoms with Crippen LogP contribution in [0.1, 0.15) is 30.4 Å². The minimum absolute atomic E-state index is 0.605. The SMILES string of the molecule is CCCNCCc1nnc(-c2ccc(C)c(C)c2)o1. The van der Waals surface area contributed by atoms with E-state index >= 15 is 0 Å². The van der Waals surface area contributed by atoms with Crippen molar-refractivity contribution in [2.24, 2.45) is 0 Å². The number of hydrogen-bond donors (Lipinski definition) is 1. The molecule has 0 saturated heterocycles. The van der Waals surface area contributed by atoms with E-state index in [4.69, 9.17) is 4.42 Å². The second-order valence-corrected chi connectivity index (χ2v) is 4.80. The fourth-order valence-electron chi connectivity index (χ4n) is 1.84. The molecule has 1 heterocycles. The summed E-state index contributed by atoms with van der Waals surface area (Å²) in [5.74, 6) is 1.30. The van der Waals surface area contributed by atoms with Crippen LogP contribution < -0.4 is 5.32 Å². The molecule has 1 aromatic heterocycles. The Morgan fingerprint density at radius 3 is 2.68 bits per heavy atom.